The minimum absolute atomic E-state index is 0.0785. The summed E-state index contributed by atoms with van der Waals surface area (Å²) in [6.07, 6.45) is 8.32. The van der Waals surface area contributed by atoms with E-state index in [0.29, 0.717) is 17.7 Å². The summed E-state index contributed by atoms with van der Waals surface area (Å²) in [6, 6.07) is 14.1. The van der Waals surface area contributed by atoms with E-state index in [-0.39, 0.29) is 23.8 Å². The number of esters is 1. The van der Waals surface area contributed by atoms with Gasteiger partial charge in [0.15, 0.2) is 0 Å². The lowest BCUT2D eigenvalue weighted by molar-refractivity contribution is -0.132. The maximum Gasteiger partial charge on any atom is 0.308 e. The number of para-hydroxylation sites is 1. The van der Waals surface area contributed by atoms with Crippen molar-refractivity contribution in [3.8, 4) is 5.75 Å². The maximum atomic E-state index is 13.1. The highest BCUT2D eigenvalue weighted by molar-refractivity contribution is 5.95. The molecule has 6 nitrogen and oxygen atoms in total. The first-order valence-electron chi connectivity index (χ1n) is 12.3. The largest absolute Gasteiger partial charge is 0.427 e. The number of hydrogen-bond donors (Lipinski definition) is 2. The lowest BCUT2D eigenvalue weighted by Gasteiger charge is -2.56. The molecule has 0 radical (unpaired) electrons. The standard InChI is InChI=1S/C28H32N2O4/c1-18(31)34-24-7-4-6-22(12-24)27(33)29-17-23-5-2-3-8-25(23)30-26(32)16-28-13-19-9-20(14-28)11-21(10-19)15-28/h2-8,12,19-21H,9-11,13-17H2,1H3,(H,29,33)(H,30,32). The molecule has 34 heavy (non-hydrogen) atoms. The molecule has 0 aromatic heterocycles. The van der Waals surface area contributed by atoms with Crippen molar-refractivity contribution in [3.63, 3.8) is 0 Å². The molecule has 0 unspecified atom stereocenters. The first-order chi connectivity index (χ1) is 16.4. The second-order valence-corrected chi connectivity index (χ2v) is 10.6. The third-order valence-corrected chi connectivity index (χ3v) is 7.79. The zero-order valence-electron chi connectivity index (χ0n) is 19.6. The zero-order chi connectivity index (χ0) is 23.7. The van der Waals surface area contributed by atoms with Gasteiger partial charge in [-0.2, -0.15) is 0 Å². The van der Waals surface area contributed by atoms with Gasteiger partial charge in [-0.15, -0.1) is 0 Å². The Morgan fingerprint density at radius 3 is 2.29 bits per heavy atom. The van der Waals surface area contributed by atoms with E-state index in [1.54, 1.807) is 18.2 Å². The number of rotatable bonds is 7. The average molecular weight is 461 g/mol. The van der Waals surface area contributed by atoms with Gasteiger partial charge in [0.2, 0.25) is 5.91 Å². The van der Waals surface area contributed by atoms with Gasteiger partial charge in [-0.25, -0.2) is 0 Å². The Morgan fingerprint density at radius 2 is 1.62 bits per heavy atom. The fraction of sp³-hybridized carbons (Fsp3) is 0.464. The average Bonchev–Trinajstić information content (AvgIpc) is 2.76. The van der Waals surface area contributed by atoms with Gasteiger partial charge in [0.1, 0.15) is 5.75 Å². The Bertz CT molecular complexity index is 1070. The topological polar surface area (TPSA) is 84.5 Å². The summed E-state index contributed by atoms with van der Waals surface area (Å²) in [7, 11) is 0. The molecule has 4 saturated carbocycles. The van der Waals surface area contributed by atoms with Crippen molar-refractivity contribution in [1.82, 2.24) is 5.32 Å². The van der Waals surface area contributed by atoms with E-state index in [2.05, 4.69) is 10.6 Å². The number of nitrogens with one attached hydrogen (secondary N) is 2. The highest BCUT2D eigenvalue weighted by Crippen LogP contribution is 2.61. The van der Waals surface area contributed by atoms with Crippen molar-refractivity contribution >= 4 is 23.5 Å². The van der Waals surface area contributed by atoms with Crippen LogP contribution in [0.1, 0.15) is 67.8 Å². The van der Waals surface area contributed by atoms with Crippen molar-refractivity contribution in [2.45, 2.75) is 58.4 Å². The molecule has 0 atom stereocenters. The summed E-state index contributed by atoms with van der Waals surface area (Å²) >= 11 is 0. The molecule has 2 N–H and O–H groups in total. The maximum absolute atomic E-state index is 13.1. The van der Waals surface area contributed by atoms with Crippen LogP contribution in [0.3, 0.4) is 0 Å². The third kappa shape index (κ3) is 5.01. The summed E-state index contributed by atoms with van der Waals surface area (Å²) in [6.45, 7) is 1.60. The van der Waals surface area contributed by atoms with Crippen molar-refractivity contribution in [1.29, 1.82) is 0 Å². The van der Waals surface area contributed by atoms with E-state index in [4.69, 9.17) is 4.74 Å². The monoisotopic (exact) mass is 460 g/mol. The number of ether oxygens (including phenoxy) is 1. The zero-order valence-corrected chi connectivity index (χ0v) is 19.6. The number of hydrogen-bond acceptors (Lipinski definition) is 4. The molecular formula is C28H32N2O4. The van der Waals surface area contributed by atoms with Gasteiger partial charge < -0.3 is 15.4 Å². The molecule has 0 heterocycles. The minimum Gasteiger partial charge on any atom is -0.427 e. The Hall–Kier alpha value is -3.15. The smallest absolute Gasteiger partial charge is 0.308 e. The van der Waals surface area contributed by atoms with Crippen LogP contribution in [0.4, 0.5) is 5.69 Å². The van der Waals surface area contributed by atoms with Gasteiger partial charge in [0, 0.05) is 31.1 Å². The Balaban J connectivity index is 1.21. The third-order valence-electron chi connectivity index (χ3n) is 7.79. The van der Waals surface area contributed by atoms with Crippen molar-refractivity contribution in [2.75, 3.05) is 5.32 Å². The molecule has 6 rings (SSSR count). The Kier molecular flexibility index (Phi) is 6.15. The number of anilines is 1. The van der Waals surface area contributed by atoms with Gasteiger partial charge in [-0.05, 0) is 91.5 Å². The van der Waals surface area contributed by atoms with E-state index >= 15 is 0 Å². The van der Waals surface area contributed by atoms with Crippen LogP contribution in [-0.4, -0.2) is 17.8 Å². The van der Waals surface area contributed by atoms with Gasteiger partial charge in [-0.3, -0.25) is 14.4 Å². The van der Waals surface area contributed by atoms with Crippen LogP contribution in [0, 0.1) is 23.2 Å². The quantitative estimate of drug-likeness (QED) is 0.445. The fourth-order valence-electron chi connectivity index (χ4n) is 6.98. The summed E-state index contributed by atoms with van der Waals surface area (Å²) in [5.41, 5.74) is 2.19. The SMILES string of the molecule is CC(=O)Oc1cccc(C(=O)NCc2ccccc2NC(=O)CC23CC4CC(CC(C4)C2)C3)c1. The molecule has 2 aromatic carbocycles. The normalized spacial score (nSPS) is 26.7. The fourth-order valence-corrected chi connectivity index (χ4v) is 6.98. The summed E-state index contributed by atoms with van der Waals surface area (Å²) < 4.78 is 5.06. The highest BCUT2D eigenvalue weighted by atomic mass is 16.5. The first-order valence-corrected chi connectivity index (χ1v) is 12.3. The Morgan fingerprint density at radius 1 is 0.941 bits per heavy atom. The molecule has 4 aliphatic rings. The lowest BCUT2D eigenvalue weighted by Crippen LogP contribution is -2.47. The minimum atomic E-state index is -0.434. The summed E-state index contributed by atoms with van der Waals surface area (Å²) in [5.74, 6) is 2.16. The van der Waals surface area contributed by atoms with Crippen LogP contribution in [0.2, 0.25) is 0 Å². The summed E-state index contributed by atoms with van der Waals surface area (Å²) in [5, 5.41) is 6.04. The number of carbonyl (C=O) groups is 3. The van der Waals surface area contributed by atoms with Crippen molar-refractivity contribution in [2.24, 2.45) is 23.2 Å². The Labute approximate surface area is 200 Å². The van der Waals surface area contributed by atoms with Gasteiger partial charge >= 0.3 is 5.97 Å². The van der Waals surface area contributed by atoms with Crippen LogP contribution in [0.15, 0.2) is 48.5 Å². The molecule has 0 aliphatic heterocycles. The molecule has 2 aromatic rings. The number of amides is 2. The molecule has 0 saturated heterocycles. The molecular weight excluding hydrogens is 428 g/mol. The molecule has 4 aliphatic carbocycles. The van der Waals surface area contributed by atoms with Crippen LogP contribution in [0.5, 0.6) is 5.75 Å². The van der Waals surface area contributed by atoms with Gasteiger partial charge in [-0.1, -0.05) is 24.3 Å². The van der Waals surface area contributed by atoms with Crippen LogP contribution < -0.4 is 15.4 Å². The predicted molar refractivity (Wildman–Crippen MR) is 129 cm³/mol. The van der Waals surface area contributed by atoms with E-state index in [1.165, 1.54) is 51.5 Å². The van der Waals surface area contributed by atoms with Crippen LogP contribution in [0.25, 0.3) is 0 Å². The van der Waals surface area contributed by atoms with E-state index in [0.717, 1.165) is 29.0 Å². The van der Waals surface area contributed by atoms with E-state index < -0.39 is 5.97 Å². The second-order valence-electron chi connectivity index (χ2n) is 10.6. The molecule has 2 amide bonds. The highest BCUT2D eigenvalue weighted by Gasteiger charge is 2.51. The molecule has 4 fully saturated rings. The van der Waals surface area contributed by atoms with E-state index in [9.17, 15) is 14.4 Å². The molecule has 6 heteroatoms. The van der Waals surface area contributed by atoms with Crippen molar-refractivity contribution < 1.29 is 19.1 Å². The second kappa shape index (κ2) is 9.24. The molecule has 0 spiro atoms. The summed E-state index contributed by atoms with van der Waals surface area (Å²) in [4.78, 5) is 36.9. The van der Waals surface area contributed by atoms with Crippen LogP contribution >= 0.6 is 0 Å². The van der Waals surface area contributed by atoms with Gasteiger partial charge in [0.25, 0.3) is 5.91 Å². The first kappa shape index (κ1) is 22.6. The van der Waals surface area contributed by atoms with Gasteiger partial charge in [0.05, 0.1) is 0 Å². The lowest BCUT2D eigenvalue weighted by atomic mass is 9.49. The number of carbonyl (C=O) groups excluding carboxylic acids is 3. The van der Waals surface area contributed by atoms with E-state index in [1.807, 2.05) is 24.3 Å². The number of benzene rings is 2. The molecule has 4 bridgehead atoms. The van der Waals surface area contributed by atoms with Crippen molar-refractivity contribution in [3.05, 3.63) is 59.7 Å². The van der Waals surface area contributed by atoms with Crippen LogP contribution in [-0.2, 0) is 16.1 Å². The predicted octanol–water partition coefficient (Wildman–Crippen LogP) is 5.09. The molecule has 178 valence electrons.